The molecule has 0 aromatic heterocycles. The minimum Gasteiger partial charge on any atom is -0.210 e. The van der Waals surface area contributed by atoms with Crippen molar-refractivity contribution in [3.63, 3.8) is 0 Å². The third-order valence-corrected chi connectivity index (χ3v) is 7.30. The quantitative estimate of drug-likeness (QED) is 0.318. The van der Waals surface area contributed by atoms with Crippen molar-refractivity contribution in [2.45, 2.75) is 128 Å². The van der Waals surface area contributed by atoms with Crippen LogP contribution in [0.15, 0.2) is 36.4 Å². The minimum absolute atomic E-state index is 0. The van der Waals surface area contributed by atoms with Crippen molar-refractivity contribution >= 4 is 0 Å². The van der Waals surface area contributed by atoms with E-state index in [9.17, 15) is 0 Å². The molecule has 31 heavy (non-hydrogen) atoms. The summed E-state index contributed by atoms with van der Waals surface area (Å²) >= 11 is 0. The predicted octanol–water partition coefficient (Wildman–Crippen LogP) is 9.25. The third-order valence-electron chi connectivity index (χ3n) is 7.30. The van der Waals surface area contributed by atoms with Crippen LogP contribution < -0.4 is 0 Å². The van der Waals surface area contributed by atoms with E-state index in [-0.39, 0.29) is 26.2 Å². The second-order valence-electron chi connectivity index (χ2n) is 9.81. The van der Waals surface area contributed by atoms with E-state index in [2.05, 4.69) is 36.4 Å². The average Bonchev–Trinajstić information content (AvgIpc) is 3.38. The van der Waals surface area contributed by atoms with Gasteiger partial charge in [-0.05, 0) is 0 Å². The van der Waals surface area contributed by atoms with E-state index in [1.165, 1.54) is 128 Å². The molecule has 2 aromatic rings. The van der Waals surface area contributed by atoms with Crippen LogP contribution in [0.1, 0.15) is 125 Å². The summed E-state index contributed by atoms with van der Waals surface area (Å²) < 4.78 is 0. The molecule has 2 aromatic carbocycles. The summed E-state index contributed by atoms with van der Waals surface area (Å²) in [6, 6.07) is 13.8. The molecule has 0 N–H and O–H groups in total. The van der Waals surface area contributed by atoms with Gasteiger partial charge in [-0.1, -0.05) is 128 Å². The molecule has 0 aliphatic heterocycles. The smallest absolute Gasteiger partial charge is 0.210 e. The summed E-state index contributed by atoms with van der Waals surface area (Å²) in [6.45, 7) is 0. The van der Waals surface area contributed by atoms with Crippen molar-refractivity contribution in [3.8, 4) is 0 Å². The molecule has 0 unspecified atom stereocenters. The Balaban J connectivity index is 0.000000213. The van der Waals surface area contributed by atoms with Crippen LogP contribution in [0.2, 0.25) is 0 Å². The van der Waals surface area contributed by atoms with Crippen LogP contribution in [0.25, 0.3) is 0 Å². The second-order valence-corrected chi connectivity index (χ2v) is 9.81. The van der Waals surface area contributed by atoms with Crippen LogP contribution in [0.4, 0.5) is 0 Å². The Kier molecular flexibility index (Phi) is 14.8. The molecular formula is C30H46Zr. The third kappa shape index (κ3) is 10.8. The molecule has 0 saturated carbocycles. The van der Waals surface area contributed by atoms with Gasteiger partial charge in [-0.2, -0.15) is 46.5 Å². The van der Waals surface area contributed by atoms with E-state index < -0.39 is 0 Å². The van der Waals surface area contributed by atoms with Crippen LogP contribution >= 0.6 is 0 Å². The van der Waals surface area contributed by atoms with Gasteiger partial charge in [0.2, 0.25) is 0 Å². The van der Waals surface area contributed by atoms with Crippen LogP contribution in [-0.4, -0.2) is 0 Å². The zero-order valence-electron chi connectivity index (χ0n) is 20.1. The van der Waals surface area contributed by atoms with Gasteiger partial charge in [-0.15, -0.1) is 0 Å². The summed E-state index contributed by atoms with van der Waals surface area (Å²) in [7, 11) is 0. The van der Waals surface area contributed by atoms with Crippen molar-refractivity contribution in [1.29, 1.82) is 0 Å². The zero-order valence-corrected chi connectivity index (χ0v) is 22.6. The maximum absolute atomic E-state index is 2.33. The van der Waals surface area contributed by atoms with Crippen LogP contribution in [0.3, 0.4) is 0 Å². The SMILES string of the molecule is [Zr+2].c1cc2c([cH-]1)CCCCCCCCCC2.c1cc2c([cH-]1)CCCCCCCCCC2. The molecule has 0 saturated heterocycles. The molecule has 4 rings (SSSR count). The van der Waals surface area contributed by atoms with Gasteiger partial charge in [0, 0.05) is 0 Å². The molecule has 0 bridgehead atoms. The molecule has 170 valence electrons. The first-order valence-electron chi connectivity index (χ1n) is 13.4. The van der Waals surface area contributed by atoms with E-state index in [0.717, 1.165) is 0 Å². The number of aryl methyl sites for hydroxylation is 4. The van der Waals surface area contributed by atoms with Crippen LogP contribution in [-0.2, 0) is 51.9 Å². The van der Waals surface area contributed by atoms with E-state index in [1.807, 2.05) is 0 Å². The molecule has 0 heterocycles. The topological polar surface area (TPSA) is 0 Å². The average molecular weight is 498 g/mol. The van der Waals surface area contributed by atoms with Gasteiger partial charge in [0.1, 0.15) is 0 Å². The Hall–Kier alpha value is -0.417. The first-order chi connectivity index (χ1) is 14.9. The molecule has 0 amide bonds. The summed E-state index contributed by atoms with van der Waals surface area (Å²) in [6.07, 6.45) is 28.3. The van der Waals surface area contributed by atoms with E-state index in [0.29, 0.717) is 0 Å². The molecule has 0 radical (unpaired) electrons. The first-order valence-corrected chi connectivity index (χ1v) is 13.4. The van der Waals surface area contributed by atoms with Gasteiger partial charge in [-0.3, -0.25) is 0 Å². The van der Waals surface area contributed by atoms with Gasteiger partial charge < -0.3 is 0 Å². The molecule has 0 spiro atoms. The van der Waals surface area contributed by atoms with E-state index >= 15 is 0 Å². The number of hydrogen-bond acceptors (Lipinski definition) is 0. The summed E-state index contributed by atoms with van der Waals surface area (Å²) in [5.41, 5.74) is 6.54. The monoisotopic (exact) mass is 496 g/mol. The van der Waals surface area contributed by atoms with Crippen LogP contribution in [0, 0.1) is 0 Å². The molecular weight excluding hydrogens is 452 g/mol. The Bertz CT molecular complexity index is 550. The Morgan fingerprint density at radius 3 is 1.03 bits per heavy atom. The minimum atomic E-state index is 0. The summed E-state index contributed by atoms with van der Waals surface area (Å²) in [4.78, 5) is 0. The van der Waals surface area contributed by atoms with Crippen molar-refractivity contribution in [1.82, 2.24) is 0 Å². The molecule has 0 fully saturated rings. The Morgan fingerprint density at radius 1 is 0.387 bits per heavy atom. The van der Waals surface area contributed by atoms with E-state index in [4.69, 9.17) is 0 Å². The maximum atomic E-state index is 2.33. The number of hydrogen-bond donors (Lipinski definition) is 0. The van der Waals surface area contributed by atoms with Crippen molar-refractivity contribution in [2.75, 3.05) is 0 Å². The molecule has 0 nitrogen and oxygen atoms in total. The standard InChI is InChI=1S/2C15H23.Zr/c2*1-2-4-6-8-11-15-13-9-12-14(15)10-7-5-3-1;/h2*9,12-13H,1-8,10-11H2;/q2*-1;+2. The molecule has 2 aliphatic carbocycles. The van der Waals surface area contributed by atoms with E-state index in [1.54, 1.807) is 22.3 Å². The largest absolute Gasteiger partial charge is 2.00 e. The number of fused-ring (bicyclic) bond motifs is 2. The van der Waals surface area contributed by atoms with Crippen LogP contribution in [0.5, 0.6) is 0 Å². The normalized spacial score (nSPS) is 19.4. The van der Waals surface area contributed by atoms with Gasteiger partial charge in [0.25, 0.3) is 0 Å². The fourth-order valence-corrected chi connectivity index (χ4v) is 5.35. The maximum Gasteiger partial charge on any atom is 2.00 e. The van der Waals surface area contributed by atoms with Gasteiger partial charge >= 0.3 is 26.2 Å². The Morgan fingerprint density at radius 2 is 0.677 bits per heavy atom. The van der Waals surface area contributed by atoms with Crippen molar-refractivity contribution in [3.05, 3.63) is 58.7 Å². The molecule has 2 aliphatic rings. The molecule has 0 atom stereocenters. The summed E-state index contributed by atoms with van der Waals surface area (Å²) in [5, 5.41) is 0. The predicted molar refractivity (Wildman–Crippen MR) is 133 cm³/mol. The van der Waals surface area contributed by atoms with Gasteiger partial charge in [0.15, 0.2) is 0 Å². The van der Waals surface area contributed by atoms with Crippen molar-refractivity contribution < 1.29 is 26.2 Å². The first kappa shape index (κ1) is 26.8. The fraction of sp³-hybridized carbons (Fsp3) is 0.667. The zero-order chi connectivity index (χ0) is 20.7. The molecule has 1 heteroatoms. The number of rotatable bonds is 0. The Labute approximate surface area is 212 Å². The van der Waals surface area contributed by atoms with Gasteiger partial charge in [0.05, 0.1) is 0 Å². The fourth-order valence-electron chi connectivity index (χ4n) is 5.35. The summed E-state index contributed by atoms with van der Waals surface area (Å²) in [5.74, 6) is 0. The van der Waals surface area contributed by atoms with Gasteiger partial charge in [-0.25, -0.2) is 12.1 Å². The van der Waals surface area contributed by atoms with Crippen molar-refractivity contribution in [2.24, 2.45) is 0 Å². The second kappa shape index (κ2) is 17.1.